The van der Waals surface area contributed by atoms with Gasteiger partial charge < -0.3 is 10.1 Å². The fourth-order valence-electron chi connectivity index (χ4n) is 2.01. The Morgan fingerprint density at radius 3 is 3.00 bits per heavy atom. The molecule has 1 aliphatic rings. The highest BCUT2D eigenvalue weighted by atomic mass is 32.1. The van der Waals surface area contributed by atoms with Crippen molar-refractivity contribution in [1.82, 2.24) is 14.9 Å². The van der Waals surface area contributed by atoms with Gasteiger partial charge in [-0.25, -0.2) is 0 Å². The molecule has 1 aromatic rings. The zero-order chi connectivity index (χ0) is 11.1. The second-order valence-corrected chi connectivity index (χ2v) is 4.81. The summed E-state index contributed by atoms with van der Waals surface area (Å²) in [5, 5.41) is 9.24. The van der Waals surface area contributed by atoms with E-state index in [0.29, 0.717) is 6.10 Å². The van der Waals surface area contributed by atoms with Crippen molar-refractivity contribution in [3.05, 3.63) is 11.1 Å². The molecule has 0 radical (unpaired) electrons. The van der Waals surface area contributed by atoms with Crippen molar-refractivity contribution in [3.63, 3.8) is 0 Å². The maximum Gasteiger partial charge on any atom is 0.0893 e. The van der Waals surface area contributed by atoms with Crippen LogP contribution in [0.15, 0.2) is 5.38 Å². The van der Waals surface area contributed by atoms with Crippen molar-refractivity contribution in [3.8, 4) is 0 Å². The van der Waals surface area contributed by atoms with Gasteiger partial charge in [0.1, 0.15) is 0 Å². The highest BCUT2D eigenvalue weighted by Gasteiger charge is 2.12. The maximum absolute atomic E-state index is 5.81. The first kappa shape index (κ1) is 12.0. The van der Waals surface area contributed by atoms with Crippen LogP contribution in [0, 0.1) is 0 Å². The van der Waals surface area contributed by atoms with Gasteiger partial charge in [-0.1, -0.05) is 23.8 Å². The molecule has 1 aromatic heterocycles. The third-order valence-corrected chi connectivity index (χ3v) is 3.45. The molecule has 0 amide bonds. The van der Waals surface area contributed by atoms with Gasteiger partial charge in [-0.2, -0.15) is 0 Å². The van der Waals surface area contributed by atoms with Gasteiger partial charge in [-0.15, -0.1) is 5.10 Å². The van der Waals surface area contributed by atoms with Gasteiger partial charge in [0.05, 0.1) is 18.4 Å². The minimum atomic E-state index is 0.511. The largest absolute Gasteiger partial charge is 0.377 e. The van der Waals surface area contributed by atoms with Gasteiger partial charge in [-0.05, 0) is 24.4 Å². The molecule has 0 aliphatic heterocycles. The molecule has 1 saturated carbocycles. The summed E-state index contributed by atoms with van der Waals surface area (Å²) >= 11 is 1.39. The molecule has 1 heterocycles. The molecule has 1 fully saturated rings. The number of hydrogen-bond acceptors (Lipinski definition) is 5. The van der Waals surface area contributed by atoms with Crippen molar-refractivity contribution in [2.45, 2.75) is 44.8 Å². The maximum atomic E-state index is 5.81. The predicted octanol–water partition coefficient (Wildman–Crippen LogP) is 1.98. The molecule has 0 spiro atoms. The smallest absolute Gasteiger partial charge is 0.0893 e. The molecule has 1 aliphatic carbocycles. The molecule has 0 bridgehead atoms. The van der Waals surface area contributed by atoms with Crippen LogP contribution in [0.2, 0.25) is 0 Å². The second-order valence-electron chi connectivity index (χ2n) is 4.20. The van der Waals surface area contributed by atoms with Crippen molar-refractivity contribution in [1.29, 1.82) is 0 Å². The summed E-state index contributed by atoms with van der Waals surface area (Å²) in [6.07, 6.45) is 7.06. The van der Waals surface area contributed by atoms with Crippen LogP contribution in [0.5, 0.6) is 0 Å². The van der Waals surface area contributed by atoms with Crippen LogP contribution in [0.3, 0.4) is 0 Å². The van der Waals surface area contributed by atoms with Gasteiger partial charge >= 0.3 is 0 Å². The van der Waals surface area contributed by atoms with Crippen LogP contribution < -0.4 is 5.32 Å². The highest BCUT2D eigenvalue weighted by molar-refractivity contribution is 7.03. The lowest BCUT2D eigenvalue weighted by Crippen LogP contribution is -2.24. The number of ether oxygens (including phenoxy) is 1. The Balaban J connectivity index is 1.48. The van der Waals surface area contributed by atoms with Gasteiger partial charge in [0.2, 0.25) is 0 Å². The van der Waals surface area contributed by atoms with E-state index in [-0.39, 0.29) is 0 Å². The van der Waals surface area contributed by atoms with Gasteiger partial charge in [0, 0.05) is 18.5 Å². The van der Waals surface area contributed by atoms with E-state index in [9.17, 15) is 0 Å². The number of rotatable bonds is 6. The van der Waals surface area contributed by atoms with Crippen LogP contribution in [-0.2, 0) is 11.3 Å². The summed E-state index contributed by atoms with van der Waals surface area (Å²) in [4.78, 5) is 0. The van der Waals surface area contributed by atoms with Crippen LogP contribution >= 0.6 is 11.5 Å². The number of aromatic nitrogens is 2. The summed E-state index contributed by atoms with van der Waals surface area (Å²) in [6, 6.07) is 0. The first-order valence-electron chi connectivity index (χ1n) is 6.03. The highest BCUT2D eigenvalue weighted by Crippen LogP contribution is 2.19. The molecule has 90 valence electrons. The molecule has 0 saturated heterocycles. The van der Waals surface area contributed by atoms with Crippen LogP contribution in [-0.4, -0.2) is 28.8 Å². The summed E-state index contributed by atoms with van der Waals surface area (Å²) in [5.74, 6) is 0. The quantitative estimate of drug-likeness (QED) is 0.774. The third kappa shape index (κ3) is 4.15. The molecule has 5 heteroatoms. The van der Waals surface area contributed by atoms with Gasteiger partial charge in [0.25, 0.3) is 0 Å². The van der Waals surface area contributed by atoms with E-state index in [2.05, 4.69) is 14.9 Å². The molecule has 16 heavy (non-hydrogen) atoms. The minimum Gasteiger partial charge on any atom is -0.377 e. The first-order valence-corrected chi connectivity index (χ1v) is 6.87. The Bertz CT molecular complexity index is 273. The number of nitrogens with zero attached hydrogens (tertiary/aromatic N) is 2. The molecule has 0 unspecified atom stereocenters. The van der Waals surface area contributed by atoms with Crippen molar-refractivity contribution < 1.29 is 4.74 Å². The number of hydrogen-bond donors (Lipinski definition) is 1. The molecule has 1 N–H and O–H groups in total. The van der Waals surface area contributed by atoms with E-state index in [4.69, 9.17) is 4.74 Å². The molecule has 4 nitrogen and oxygen atoms in total. The summed E-state index contributed by atoms with van der Waals surface area (Å²) in [6.45, 7) is 2.50. The average molecular weight is 241 g/mol. The molecular weight excluding hydrogens is 222 g/mol. The van der Waals surface area contributed by atoms with E-state index in [0.717, 1.165) is 25.4 Å². The number of nitrogens with one attached hydrogen (secondary N) is 1. The second kappa shape index (κ2) is 6.93. The zero-order valence-corrected chi connectivity index (χ0v) is 10.3. The Morgan fingerprint density at radius 2 is 2.25 bits per heavy atom. The van der Waals surface area contributed by atoms with E-state index < -0.39 is 0 Å². The SMILES string of the molecule is c1snnc1CNCCOC1CCCCC1. The van der Waals surface area contributed by atoms with E-state index >= 15 is 0 Å². The van der Waals surface area contributed by atoms with Crippen LogP contribution in [0.1, 0.15) is 37.8 Å². The Morgan fingerprint density at radius 1 is 1.38 bits per heavy atom. The first-order chi connectivity index (χ1) is 7.95. The Kier molecular flexibility index (Phi) is 5.18. The normalized spacial score (nSPS) is 17.8. The Hall–Kier alpha value is -0.520. The molecular formula is C11H19N3OS. The summed E-state index contributed by atoms with van der Waals surface area (Å²) in [7, 11) is 0. The fourth-order valence-corrected chi connectivity index (χ4v) is 2.46. The van der Waals surface area contributed by atoms with E-state index in [1.54, 1.807) is 0 Å². The van der Waals surface area contributed by atoms with Crippen molar-refractivity contribution in [2.75, 3.05) is 13.2 Å². The van der Waals surface area contributed by atoms with Crippen LogP contribution in [0.25, 0.3) is 0 Å². The van der Waals surface area contributed by atoms with Crippen molar-refractivity contribution >= 4 is 11.5 Å². The predicted molar refractivity (Wildman–Crippen MR) is 64.4 cm³/mol. The van der Waals surface area contributed by atoms with E-state index in [1.165, 1.54) is 43.6 Å². The van der Waals surface area contributed by atoms with Crippen molar-refractivity contribution in [2.24, 2.45) is 0 Å². The molecule has 0 aromatic carbocycles. The molecule has 2 rings (SSSR count). The lowest BCUT2D eigenvalue weighted by molar-refractivity contribution is 0.0302. The third-order valence-electron chi connectivity index (χ3n) is 2.90. The average Bonchev–Trinajstić information content (AvgIpc) is 2.83. The lowest BCUT2D eigenvalue weighted by Gasteiger charge is -2.21. The van der Waals surface area contributed by atoms with Crippen LogP contribution in [0.4, 0.5) is 0 Å². The summed E-state index contributed by atoms with van der Waals surface area (Å²) < 4.78 is 9.62. The monoisotopic (exact) mass is 241 g/mol. The molecule has 0 atom stereocenters. The lowest BCUT2D eigenvalue weighted by atomic mass is 9.98. The zero-order valence-electron chi connectivity index (χ0n) is 9.52. The Labute approximate surface area is 101 Å². The van der Waals surface area contributed by atoms with Gasteiger partial charge in [0.15, 0.2) is 0 Å². The minimum absolute atomic E-state index is 0.511. The standard InChI is InChI=1S/C11H19N3OS/c1-2-4-11(5-3-1)15-7-6-12-8-10-9-16-14-13-10/h9,11-12H,1-8H2. The topological polar surface area (TPSA) is 47.0 Å². The van der Waals surface area contributed by atoms with E-state index in [1.807, 2.05) is 5.38 Å². The summed E-state index contributed by atoms with van der Waals surface area (Å²) in [5.41, 5.74) is 1.02. The van der Waals surface area contributed by atoms with Gasteiger partial charge in [-0.3, -0.25) is 0 Å². The fraction of sp³-hybridized carbons (Fsp3) is 0.818.